The Hall–Kier alpha value is -0.810. The Morgan fingerprint density at radius 3 is 2.22 bits per heavy atom. The lowest BCUT2D eigenvalue weighted by molar-refractivity contribution is -0.0986. The SMILES string of the molecule is CC(C)(C)OC(=O)N(C1COC1)C(C)(C)CCN. The summed E-state index contributed by atoms with van der Waals surface area (Å²) in [6.07, 6.45) is 0.456. The molecule has 0 unspecified atom stereocenters. The predicted molar refractivity (Wildman–Crippen MR) is 70.4 cm³/mol. The highest BCUT2D eigenvalue weighted by atomic mass is 16.6. The van der Waals surface area contributed by atoms with Gasteiger partial charge in [-0.3, -0.25) is 4.90 Å². The van der Waals surface area contributed by atoms with Gasteiger partial charge in [-0.25, -0.2) is 4.79 Å². The molecule has 0 aromatic heterocycles. The molecule has 5 heteroatoms. The first-order valence-corrected chi connectivity index (χ1v) is 6.47. The maximum absolute atomic E-state index is 12.3. The number of ether oxygens (including phenoxy) is 2. The van der Waals surface area contributed by atoms with E-state index in [4.69, 9.17) is 15.2 Å². The Bertz CT molecular complexity index is 293. The highest BCUT2D eigenvalue weighted by Crippen LogP contribution is 2.27. The fourth-order valence-electron chi connectivity index (χ4n) is 2.05. The fraction of sp³-hybridized carbons (Fsp3) is 0.923. The van der Waals surface area contributed by atoms with E-state index in [1.807, 2.05) is 34.6 Å². The van der Waals surface area contributed by atoms with Gasteiger partial charge in [0.05, 0.1) is 19.3 Å². The topological polar surface area (TPSA) is 64.8 Å². The molecule has 0 spiro atoms. The maximum atomic E-state index is 12.3. The molecular formula is C13H26N2O3. The van der Waals surface area contributed by atoms with Crippen molar-refractivity contribution in [1.82, 2.24) is 4.90 Å². The van der Waals surface area contributed by atoms with Crippen molar-refractivity contribution in [2.24, 2.45) is 5.73 Å². The standard InChI is InChI=1S/C13H26N2O3/c1-12(2,3)18-11(16)15(10-8-17-9-10)13(4,5)6-7-14/h10H,6-9,14H2,1-5H3. The summed E-state index contributed by atoms with van der Waals surface area (Å²) in [7, 11) is 0. The molecule has 1 aliphatic heterocycles. The quantitative estimate of drug-likeness (QED) is 0.834. The zero-order chi connectivity index (χ0) is 14.0. The number of hydrogen-bond donors (Lipinski definition) is 1. The lowest BCUT2D eigenvalue weighted by Crippen LogP contribution is -2.61. The van der Waals surface area contributed by atoms with Gasteiger partial charge in [-0.2, -0.15) is 0 Å². The Kier molecular flexibility index (Phi) is 4.61. The largest absolute Gasteiger partial charge is 0.444 e. The number of amides is 1. The minimum atomic E-state index is -0.487. The van der Waals surface area contributed by atoms with Gasteiger partial charge in [0, 0.05) is 5.54 Å². The van der Waals surface area contributed by atoms with Crippen LogP contribution >= 0.6 is 0 Å². The summed E-state index contributed by atoms with van der Waals surface area (Å²) >= 11 is 0. The second-order valence-corrected chi connectivity index (χ2v) is 6.39. The van der Waals surface area contributed by atoms with Crippen molar-refractivity contribution < 1.29 is 14.3 Å². The maximum Gasteiger partial charge on any atom is 0.411 e. The Balaban J connectivity index is 2.81. The van der Waals surface area contributed by atoms with Gasteiger partial charge >= 0.3 is 6.09 Å². The molecule has 0 saturated carbocycles. The van der Waals surface area contributed by atoms with Gasteiger partial charge < -0.3 is 15.2 Å². The van der Waals surface area contributed by atoms with Gasteiger partial charge in [0.25, 0.3) is 0 Å². The molecule has 1 aliphatic rings. The number of nitrogens with two attached hydrogens (primary N) is 1. The van der Waals surface area contributed by atoms with Crippen molar-refractivity contribution in [2.75, 3.05) is 19.8 Å². The van der Waals surface area contributed by atoms with Crippen LogP contribution in [0, 0.1) is 0 Å². The van der Waals surface area contributed by atoms with E-state index in [9.17, 15) is 4.79 Å². The van der Waals surface area contributed by atoms with Gasteiger partial charge in [0.1, 0.15) is 5.60 Å². The first kappa shape index (κ1) is 15.2. The van der Waals surface area contributed by atoms with Crippen LogP contribution in [0.1, 0.15) is 41.0 Å². The summed E-state index contributed by atoms with van der Waals surface area (Å²) in [5, 5.41) is 0. The number of carbonyl (C=O) groups is 1. The van der Waals surface area contributed by atoms with Crippen molar-refractivity contribution in [3.8, 4) is 0 Å². The van der Waals surface area contributed by atoms with E-state index < -0.39 is 5.60 Å². The van der Waals surface area contributed by atoms with Crippen LogP contribution in [0.2, 0.25) is 0 Å². The van der Waals surface area contributed by atoms with Crippen molar-refractivity contribution in [3.63, 3.8) is 0 Å². The average molecular weight is 258 g/mol. The summed E-state index contributed by atoms with van der Waals surface area (Å²) < 4.78 is 10.7. The fourth-order valence-corrected chi connectivity index (χ4v) is 2.05. The number of rotatable bonds is 4. The normalized spacial score (nSPS) is 17.2. The molecule has 1 saturated heterocycles. The minimum absolute atomic E-state index is 0.0985. The third-order valence-electron chi connectivity index (χ3n) is 2.98. The zero-order valence-corrected chi connectivity index (χ0v) is 12.2. The lowest BCUT2D eigenvalue weighted by atomic mass is 9.95. The third-order valence-corrected chi connectivity index (χ3v) is 2.98. The summed E-state index contributed by atoms with van der Waals surface area (Å²) in [6, 6.07) is 0.0985. The molecule has 1 amide bonds. The molecule has 1 rings (SSSR count). The Labute approximate surface area is 110 Å². The number of hydrogen-bond acceptors (Lipinski definition) is 4. The van der Waals surface area contributed by atoms with Crippen LogP contribution in [0.5, 0.6) is 0 Å². The number of carbonyl (C=O) groups excluding carboxylic acids is 1. The van der Waals surface area contributed by atoms with Gasteiger partial charge in [-0.05, 0) is 47.6 Å². The van der Waals surface area contributed by atoms with E-state index in [1.54, 1.807) is 4.90 Å². The van der Waals surface area contributed by atoms with E-state index in [0.717, 1.165) is 6.42 Å². The molecule has 1 heterocycles. The van der Waals surface area contributed by atoms with E-state index in [1.165, 1.54) is 0 Å². The predicted octanol–water partition coefficient (Wildman–Crippen LogP) is 1.75. The minimum Gasteiger partial charge on any atom is -0.444 e. The molecule has 0 bridgehead atoms. The highest BCUT2D eigenvalue weighted by Gasteiger charge is 2.41. The van der Waals surface area contributed by atoms with Crippen LogP contribution in [0.15, 0.2) is 0 Å². The van der Waals surface area contributed by atoms with Crippen molar-refractivity contribution in [3.05, 3.63) is 0 Å². The van der Waals surface area contributed by atoms with E-state index >= 15 is 0 Å². The Morgan fingerprint density at radius 1 is 1.33 bits per heavy atom. The molecule has 0 aromatic carbocycles. The molecule has 0 aliphatic carbocycles. The molecule has 18 heavy (non-hydrogen) atoms. The zero-order valence-electron chi connectivity index (χ0n) is 12.2. The second-order valence-electron chi connectivity index (χ2n) is 6.39. The first-order valence-electron chi connectivity index (χ1n) is 6.47. The van der Waals surface area contributed by atoms with Crippen LogP contribution in [-0.4, -0.2) is 47.9 Å². The average Bonchev–Trinajstić information content (AvgIpc) is 2.06. The van der Waals surface area contributed by atoms with Crippen LogP contribution in [0.3, 0.4) is 0 Å². The van der Waals surface area contributed by atoms with E-state index in [-0.39, 0.29) is 17.7 Å². The van der Waals surface area contributed by atoms with Gasteiger partial charge in [-0.1, -0.05) is 0 Å². The lowest BCUT2D eigenvalue weighted by Gasteiger charge is -2.46. The van der Waals surface area contributed by atoms with E-state index in [2.05, 4.69) is 0 Å². The van der Waals surface area contributed by atoms with Crippen molar-refractivity contribution in [2.45, 2.75) is 58.2 Å². The molecule has 106 valence electrons. The summed E-state index contributed by atoms with van der Waals surface area (Å²) in [5.41, 5.74) is 4.83. The molecule has 0 radical (unpaired) electrons. The Morgan fingerprint density at radius 2 is 1.89 bits per heavy atom. The van der Waals surface area contributed by atoms with Gasteiger partial charge in [-0.15, -0.1) is 0 Å². The monoisotopic (exact) mass is 258 g/mol. The van der Waals surface area contributed by atoms with E-state index in [0.29, 0.717) is 19.8 Å². The molecular weight excluding hydrogens is 232 g/mol. The molecule has 5 nitrogen and oxygen atoms in total. The van der Waals surface area contributed by atoms with Crippen LogP contribution in [0.25, 0.3) is 0 Å². The van der Waals surface area contributed by atoms with Gasteiger partial charge in [0.15, 0.2) is 0 Å². The van der Waals surface area contributed by atoms with Crippen LogP contribution < -0.4 is 5.73 Å². The highest BCUT2D eigenvalue weighted by molar-refractivity contribution is 5.69. The van der Waals surface area contributed by atoms with Crippen molar-refractivity contribution in [1.29, 1.82) is 0 Å². The molecule has 1 fully saturated rings. The first-order chi connectivity index (χ1) is 8.17. The smallest absolute Gasteiger partial charge is 0.411 e. The molecule has 0 aromatic rings. The van der Waals surface area contributed by atoms with Gasteiger partial charge in [0.2, 0.25) is 0 Å². The summed E-state index contributed by atoms with van der Waals surface area (Å²) in [6.45, 7) is 11.3. The second kappa shape index (κ2) is 5.45. The summed E-state index contributed by atoms with van der Waals surface area (Å²) in [4.78, 5) is 14.1. The molecule has 2 N–H and O–H groups in total. The van der Waals surface area contributed by atoms with Crippen molar-refractivity contribution >= 4 is 6.09 Å². The van der Waals surface area contributed by atoms with Crippen LogP contribution in [-0.2, 0) is 9.47 Å². The molecule has 0 atom stereocenters. The van der Waals surface area contributed by atoms with Crippen LogP contribution in [0.4, 0.5) is 4.79 Å². The summed E-state index contributed by atoms with van der Waals surface area (Å²) in [5.74, 6) is 0. The number of nitrogens with zero attached hydrogens (tertiary/aromatic N) is 1. The third kappa shape index (κ3) is 3.85.